The number of nitrogens with one attached hydrogen (secondary N) is 2. The fourth-order valence-corrected chi connectivity index (χ4v) is 2.87. The van der Waals surface area contributed by atoms with E-state index < -0.39 is 0 Å². The van der Waals surface area contributed by atoms with Crippen LogP contribution >= 0.6 is 11.3 Å². The molecule has 2 N–H and O–H groups in total. The standard InChI is InChI=1S/C13H18N4OS/c1-9-11(17-6-7-19-13(17)15-9)8-14-5-4-12(18)16-10-2-3-10/h6-7,10,14H,2-5,8H2,1H3,(H,16,18). The van der Waals surface area contributed by atoms with Gasteiger partial charge in [0.25, 0.3) is 0 Å². The number of thiazole rings is 1. The number of hydrogen-bond donors (Lipinski definition) is 2. The molecule has 2 heterocycles. The Hall–Kier alpha value is -1.40. The van der Waals surface area contributed by atoms with Crippen LogP contribution in [-0.2, 0) is 11.3 Å². The van der Waals surface area contributed by atoms with Crippen LogP contribution in [0, 0.1) is 6.92 Å². The number of carbonyl (C=O) groups excluding carboxylic acids is 1. The van der Waals surface area contributed by atoms with E-state index in [-0.39, 0.29) is 5.91 Å². The lowest BCUT2D eigenvalue weighted by atomic mass is 10.3. The smallest absolute Gasteiger partial charge is 0.221 e. The van der Waals surface area contributed by atoms with Crippen molar-refractivity contribution in [2.24, 2.45) is 0 Å². The first-order valence-corrected chi connectivity index (χ1v) is 7.53. The SMILES string of the molecule is Cc1nc2sccn2c1CNCCC(=O)NC1CC1. The van der Waals surface area contributed by atoms with Crippen molar-refractivity contribution in [2.45, 2.75) is 38.8 Å². The Morgan fingerprint density at radius 2 is 2.42 bits per heavy atom. The maximum absolute atomic E-state index is 11.5. The zero-order chi connectivity index (χ0) is 13.2. The molecule has 1 aliphatic carbocycles. The van der Waals surface area contributed by atoms with Gasteiger partial charge < -0.3 is 10.6 Å². The van der Waals surface area contributed by atoms with Gasteiger partial charge >= 0.3 is 0 Å². The largest absolute Gasteiger partial charge is 0.353 e. The second-order valence-electron chi connectivity index (χ2n) is 4.97. The van der Waals surface area contributed by atoms with Crippen molar-refractivity contribution >= 4 is 22.2 Å². The van der Waals surface area contributed by atoms with Gasteiger partial charge in [0.15, 0.2) is 4.96 Å². The minimum Gasteiger partial charge on any atom is -0.353 e. The van der Waals surface area contributed by atoms with Gasteiger partial charge in [-0.05, 0) is 19.8 Å². The summed E-state index contributed by atoms with van der Waals surface area (Å²) < 4.78 is 2.11. The molecule has 0 spiro atoms. The van der Waals surface area contributed by atoms with Crippen LogP contribution in [-0.4, -0.2) is 27.9 Å². The number of amides is 1. The van der Waals surface area contributed by atoms with Gasteiger partial charge in [-0.15, -0.1) is 11.3 Å². The quantitative estimate of drug-likeness (QED) is 0.787. The first kappa shape index (κ1) is 12.6. The molecule has 102 valence electrons. The Morgan fingerprint density at radius 1 is 1.58 bits per heavy atom. The lowest BCUT2D eigenvalue weighted by molar-refractivity contribution is -0.121. The van der Waals surface area contributed by atoms with Gasteiger partial charge in [0, 0.05) is 37.1 Å². The fourth-order valence-electron chi connectivity index (χ4n) is 2.09. The maximum Gasteiger partial charge on any atom is 0.221 e. The van der Waals surface area contributed by atoms with E-state index in [0.29, 0.717) is 19.0 Å². The number of aromatic nitrogens is 2. The third-order valence-corrected chi connectivity index (χ3v) is 4.08. The molecule has 6 heteroatoms. The van der Waals surface area contributed by atoms with Crippen LogP contribution in [0.15, 0.2) is 11.6 Å². The van der Waals surface area contributed by atoms with Crippen molar-refractivity contribution < 1.29 is 4.79 Å². The number of carbonyl (C=O) groups is 1. The van der Waals surface area contributed by atoms with Crippen molar-refractivity contribution in [1.29, 1.82) is 0 Å². The van der Waals surface area contributed by atoms with Crippen molar-refractivity contribution in [3.05, 3.63) is 23.0 Å². The van der Waals surface area contributed by atoms with E-state index in [9.17, 15) is 4.79 Å². The molecule has 0 aliphatic heterocycles. The molecule has 0 unspecified atom stereocenters. The first-order chi connectivity index (χ1) is 9.24. The molecule has 0 saturated heterocycles. The molecule has 0 atom stereocenters. The van der Waals surface area contributed by atoms with E-state index in [2.05, 4.69) is 20.0 Å². The molecule has 2 aromatic heterocycles. The van der Waals surface area contributed by atoms with Crippen LogP contribution in [0.2, 0.25) is 0 Å². The van der Waals surface area contributed by atoms with E-state index in [1.54, 1.807) is 11.3 Å². The minimum absolute atomic E-state index is 0.153. The van der Waals surface area contributed by atoms with Crippen LogP contribution in [0.1, 0.15) is 30.7 Å². The Kier molecular flexibility index (Phi) is 3.52. The summed E-state index contributed by atoms with van der Waals surface area (Å²) in [5.41, 5.74) is 2.24. The lowest BCUT2D eigenvalue weighted by Gasteiger charge is -2.05. The third-order valence-electron chi connectivity index (χ3n) is 3.32. The second kappa shape index (κ2) is 5.30. The Bertz CT molecular complexity index is 584. The number of fused-ring (bicyclic) bond motifs is 1. The molecule has 2 aromatic rings. The molecule has 19 heavy (non-hydrogen) atoms. The molecular weight excluding hydrogens is 260 g/mol. The average molecular weight is 278 g/mol. The average Bonchev–Trinajstić information content (AvgIpc) is 2.97. The summed E-state index contributed by atoms with van der Waals surface area (Å²) >= 11 is 1.64. The fraction of sp³-hybridized carbons (Fsp3) is 0.538. The molecule has 3 rings (SSSR count). The third kappa shape index (κ3) is 2.96. The van der Waals surface area contributed by atoms with Crippen molar-refractivity contribution in [2.75, 3.05) is 6.54 Å². The van der Waals surface area contributed by atoms with E-state index in [1.165, 1.54) is 5.69 Å². The maximum atomic E-state index is 11.5. The molecule has 0 bridgehead atoms. The first-order valence-electron chi connectivity index (χ1n) is 6.65. The molecule has 5 nitrogen and oxygen atoms in total. The molecule has 1 aliphatic rings. The summed E-state index contributed by atoms with van der Waals surface area (Å²) in [6.45, 7) is 3.48. The summed E-state index contributed by atoms with van der Waals surface area (Å²) in [5.74, 6) is 0.153. The summed E-state index contributed by atoms with van der Waals surface area (Å²) in [4.78, 5) is 17.1. The molecule has 1 saturated carbocycles. The van der Waals surface area contributed by atoms with Crippen LogP contribution in [0.25, 0.3) is 4.96 Å². The lowest BCUT2D eigenvalue weighted by Crippen LogP contribution is -2.29. The summed E-state index contributed by atoms with van der Waals surface area (Å²) in [7, 11) is 0. The molecule has 0 aromatic carbocycles. The van der Waals surface area contributed by atoms with Gasteiger partial charge in [-0.25, -0.2) is 4.98 Å². The van der Waals surface area contributed by atoms with Crippen LogP contribution in [0.4, 0.5) is 0 Å². The summed E-state index contributed by atoms with van der Waals surface area (Å²) in [5, 5.41) is 8.34. The van der Waals surface area contributed by atoms with E-state index in [1.807, 2.05) is 18.5 Å². The number of imidazole rings is 1. The van der Waals surface area contributed by atoms with Crippen molar-refractivity contribution in [3.63, 3.8) is 0 Å². The van der Waals surface area contributed by atoms with E-state index in [0.717, 1.165) is 30.0 Å². The normalized spacial score (nSPS) is 15.0. The Morgan fingerprint density at radius 3 is 3.21 bits per heavy atom. The van der Waals surface area contributed by atoms with Gasteiger partial charge in [0.1, 0.15) is 0 Å². The van der Waals surface area contributed by atoms with Gasteiger partial charge in [-0.2, -0.15) is 0 Å². The van der Waals surface area contributed by atoms with Crippen molar-refractivity contribution in [3.8, 4) is 0 Å². The number of rotatable bonds is 6. The van der Waals surface area contributed by atoms with Gasteiger partial charge in [0.2, 0.25) is 5.91 Å². The highest BCUT2D eigenvalue weighted by Crippen LogP contribution is 2.18. The highest BCUT2D eigenvalue weighted by Gasteiger charge is 2.22. The monoisotopic (exact) mass is 278 g/mol. The Balaban J connectivity index is 1.47. The van der Waals surface area contributed by atoms with Crippen LogP contribution in [0.5, 0.6) is 0 Å². The molecule has 1 fully saturated rings. The van der Waals surface area contributed by atoms with Gasteiger partial charge in [0.05, 0.1) is 11.4 Å². The highest BCUT2D eigenvalue weighted by molar-refractivity contribution is 7.15. The number of aryl methyl sites for hydroxylation is 1. The second-order valence-corrected chi connectivity index (χ2v) is 5.84. The number of nitrogens with zero attached hydrogens (tertiary/aromatic N) is 2. The number of hydrogen-bond acceptors (Lipinski definition) is 4. The Labute approximate surface area is 116 Å². The van der Waals surface area contributed by atoms with E-state index in [4.69, 9.17) is 0 Å². The topological polar surface area (TPSA) is 58.4 Å². The highest BCUT2D eigenvalue weighted by atomic mass is 32.1. The predicted octanol–water partition coefficient (Wildman–Crippen LogP) is 1.46. The van der Waals surface area contributed by atoms with E-state index >= 15 is 0 Å². The van der Waals surface area contributed by atoms with Gasteiger partial charge in [-0.3, -0.25) is 9.20 Å². The molecular formula is C13H18N4OS. The molecule has 1 amide bonds. The van der Waals surface area contributed by atoms with Gasteiger partial charge in [-0.1, -0.05) is 0 Å². The van der Waals surface area contributed by atoms with Crippen LogP contribution < -0.4 is 10.6 Å². The summed E-state index contributed by atoms with van der Waals surface area (Å²) in [6.07, 6.45) is 4.87. The minimum atomic E-state index is 0.153. The van der Waals surface area contributed by atoms with Crippen molar-refractivity contribution in [1.82, 2.24) is 20.0 Å². The zero-order valence-corrected chi connectivity index (χ0v) is 11.8. The zero-order valence-electron chi connectivity index (χ0n) is 11.0. The predicted molar refractivity (Wildman–Crippen MR) is 75.3 cm³/mol. The summed E-state index contributed by atoms with van der Waals surface area (Å²) in [6, 6.07) is 0.454. The van der Waals surface area contributed by atoms with Crippen LogP contribution in [0.3, 0.4) is 0 Å². The molecule has 0 radical (unpaired) electrons.